The van der Waals surface area contributed by atoms with Crippen molar-refractivity contribution in [3.63, 3.8) is 0 Å². The number of rotatable bonds is 4. The van der Waals surface area contributed by atoms with E-state index in [4.69, 9.17) is 24.4 Å². The number of hydrogen-bond donors (Lipinski definition) is 4. The van der Waals surface area contributed by atoms with Gasteiger partial charge in [-0.1, -0.05) is 72.8 Å². The van der Waals surface area contributed by atoms with Gasteiger partial charge in [-0.15, -0.1) is 0 Å². The van der Waals surface area contributed by atoms with Crippen molar-refractivity contribution >= 4 is 79.4 Å². The molecule has 0 spiro atoms. The molecule has 186 valence electrons. The van der Waals surface area contributed by atoms with Gasteiger partial charge < -0.3 is 10.6 Å². The summed E-state index contributed by atoms with van der Waals surface area (Å²) < 4.78 is 0. The molecule has 4 N–H and O–H groups in total. The van der Waals surface area contributed by atoms with Gasteiger partial charge >= 0.3 is 0 Å². The Labute approximate surface area is 230 Å². The van der Waals surface area contributed by atoms with Gasteiger partial charge in [-0.05, 0) is 82.4 Å². The molecule has 0 aliphatic carbocycles. The van der Waals surface area contributed by atoms with Crippen LogP contribution >= 0.6 is 24.4 Å². The zero-order chi connectivity index (χ0) is 26.5. The molecule has 0 unspecified atom stereocenters. The lowest BCUT2D eigenvalue weighted by molar-refractivity contribution is 0.0969. The lowest BCUT2D eigenvalue weighted by Crippen LogP contribution is -2.36. The topological polar surface area (TPSA) is 82.3 Å². The van der Waals surface area contributed by atoms with Gasteiger partial charge in [0, 0.05) is 11.1 Å². The predicted octanol–water partition coefficient (Wildman–Crippen LogP) is 6.25. The Hall–Kier alpha value is -4.66. The molecule has 0 aliphatic rings. The summed E-state index contributed by atoms with van der Waals surface area (Å²) in [4.78, 5) is 25.5. The van der Waals surface area contributed by atoms with E-state index in [1.54, 1.807) is 24.3 Å². The van der Waals surface area contributed by atoms with Gasteiger partial charge in [0.2, 0.25) is 0 Å². The minimum Gasteiger partial charge on any atom is -0.331 e. The van der Waals surface area contributed by atoms with Crippen molar-refractivity contribution in [1.82, 2.24) is 10.6 Å². The zero-order valence-electron chi connectivity index (χ0n) is 20.0. The number of carbonyl (C=O) groups is 2. The van der Waals surface area contributed by atoms with Crippen LogP contribution in [0.25, 0.3) is 21.5 Å². The molecule has 0 saturated carbocycles. The van der Waals surface area contributed by atoms with Crippen LogP contribution in [0.3, 0.4) is 0 Å². The Morgan fingerprint density at radius 2 is 0.842 bits per heavy atom. The van der Waals surface area contributed by atoms with Gasteiger partial charge in [-0.3, -0.25) is 20.2 Å². The number of hydrogen-bond acceptors (Lipinski definition) is 4. The number of benzene rings is 5. The molecule has 5 aromatic carbocycles. The number of anilines is 2. The molecule has 8 heteroatoms. The van der Waals surface area contributed by atoms with Gasteiger partial charge in [0.15, 0.2) is 10.2 Å². The molecular weight excluding hydrogens is 512 g/mol. The van der Waals surface area contributed by atoms with Crippen LogP contribution in [0.4, 0.5) is 11.4 Å². The largest absolute Gasteiger partial charge is 0.331 e. The maximum absolute atomic E-state index is 12.8. The number of para-hydroxylation sites is 2. The number of nitrogens with one attached hydrogen (secondary N) is 4. The predicted molar refractivity (Wildman–Crippen MR) is 162 cm³/mol. The highest BCUT2D eigenvalue weighted by Crippen LogP contribution is 2.21. The first-order chi connectivity index (χ1) is 18.5. The Balaban J connectivity index is 1.22. The lowest BCUT2D eigenvalue weighted by atomic mass is 10.1. The fraction of sp³-hybridized carbons (Fsp3) is 0. The molecule has 5 aromatic rings. The van der Waals surface area contributed by atoms with Crippen LogP contribution in [0.1, 0.15) is 20.7 Å². The molecule has 0 aromatic heterocycles. The van der Waals surface area contributed by atoms with Crippen molar-refractivity contribution in [2.45, 2.75) is 0 Å². The number of carbonyl (C=O) groups excluding carboxylic acids is 2. The molecule has 5 rings (SSSR count). The van der Waals surface area contributed by atoms with Crippen LogP contribution in [0.15, 0.2) is 109 Å². The van der Waals surface area contributed by atoms with Gasteiger partial charge in [0.25, 0.3) is 11.8 Å². The van der Waals surface area contributed by atoms with Crippen molar-refractivity contribution in [1.29, 1.82) is 0 Å². The van der Waals surface area contributed by atoms with E-state index in [9.17, 15) is 9.59 Å². The molecule has 0 atom stereocenters. The monoisotopic (exact) mass is 534 g/mol. The van der Waals surface area contributed by atoms with Crippen molar-refractivity contribution < 1.29 is 9.59 Å². The highest BCUT2D eigenvalue weighted by atomic mass is 32.1. The molecule has 6 nitrogen and oxygen atoms in total. The van der Waals surface area contributed by atoms with Crippen LogP contribution in [0, 0.1) is 0 Å². The Morgan fingerprint density at radius 3 is 1.26 bits per heavy atom. The van der Waals surface area contributed by atoms with Crippen LogP contribution in [-0.2, 0) is 0 Å². The van der Waals surface area contributed by atoms with Crippen LogP contribution in [0.2, 0.25) is 0 Å². The highest BCUT2D eigenvalue weighted by Gasteiger charge is 2.13. The van der Waals surface area contributed by atoms with E-state index in [2.05, 4.69) is 21.3 Å². The SMILES string of the molecule is O=C(NC(=S)Nc1ccccc1NC(=S)NC(=O)c1ccc2ccccc2c1)c1ccc2ccccc2c1. The molecule has 0 saturated heterocycles. The summed E-state index contributed by atoms with van der Waals surface area (Å²) in [6.07, 6.45) is 0. The second-order valence-electron chi connectivity index (χ2n) is 8.49. The smallest absolute Gasteiger partial charge is 0.257 e. The molecule has 0 radical (unpaired) electrons. The average molecular weight is 535 g/mol. The molecule has 0 aliphatic heterocycles. The summed E-state index contributed by atoms with van der Waals surface area (Å²) in [6, 6.07) is 33.8. The third-order valence-electron chi connectivity index (χ3n) is 5.90. The minimum absolute atomic E-state index is 0.128. The van der Waals surface area contributed by atoms with Gasteiger partial charge in [0.05, 0.1) is 11.4 Å². The third kappa shape index (κ3) is 5.83. The van der Waals surface area contributed by atoms with E-state index in [1.165, 1.54) is 0 Å². The molecule has 38 heavy (non-hydrogen) atoms. The van der Waals surface area contributed by atoms with Gasteiger partial charge in [-0.25, -0.2) is 0 Å². The van der Waals surface area contributed by atoms with Gasteiger partial charge in [-0.2, -0.15) is 0 Å². The maximum atomic E-state index is 12.8. The van der Waals surface area contributed by atoms with Crippen molar-refractivity contribution in [3.8, 4) is 0 Å². The maximum Gasteiger partial charge on any atom is 0.257 e. The lowest BCUT2D eigenvalue weighted by Gasteiger charge is -2.16. The van der Waals surface area contributed by atoms with E-state index < -0.39 is 0 Å². The number of amides is 2. The first-order valence-corrected chi connectivity index (χ1v) is 12.6. The Morgan fingerprint density at radius 1 is 0.474 bits per heavy atom. The first-order valence-electron chi connectivity index (χ1n) is 11.8. The Kier molecular flexibility index (Phi) is 7.35. The Bertz CT molecular complexity index is 1590. The molecule has 2 amide bonds. The van der Waals surface area contributed by atoms with Crippen LogP contribution < -0.4 is 21.3 Å². The van der Waals surface area contributed by atoms with Crippen LogP contribution in [-0.4, -0.2) is 22.0 Å². The van der Waals surface area contributed by atoms with E-state index in [1.807, 2.05) is 84.9 Å². The highest BCUT2D eigenvalue weighted by molar-refractivity contribution is 7.80. The summed E-state index contributed by atoms with van der Waals surface area (Å²) in [5.41, 5.74) is 2.16. The zero-order valence-corrected chi connectivity index (χ0v) is 21.7. The van der Waals surface area contributed by atoms with Gasteiger partial charge in [0.1, 0.15) is 0 Å². The van der Waals surface area contributed by atoms with Crippen molar-refractivity contribution in [3.05, 3.63) is 120 Å². The fourth-order valence-corrected chi connectivity index (χ4v) is 4.43. The molecular formula is C30H22N4O2S2. The fourth-order valence-electron chi connectivity index (χ4n) is 4.02. The van der Waals surface area contributed by atoms with Crippen molar-refractivity contribution in [2.24, 2.45) is 0 Å². The van der Waals surface area contributed by atoms with Crippen molar-refractivity contribution in [2.75, 3.05) is 10.6 Å². The summed E-state index contributed by atoms with van der Waals surface area (Å²) in [6.45, 7) is 0. The summed E-state index contributed by atoms with van der Waals surface area (Å²) in [5, 5.41) is 15.8. The average Bonchev–Trinajstić information content (AvgIpc) is 2.93. The number of fused-ring (bicyclic) bond motifs is 2. The second-order valence-corrected chi connectivity index (χ2v) is 9.30. The number of thiocarbonyl (C=S) groups is 2. The summed E-state index contributed by atoms with van der Waals surface area (Å²) in [5.74, 6) is -0.645. The summed E-state index contributed by atoms with van der Waals surface area (Å²) in [7, 11) is 0. The standard InChI is InChI=1S/C30H22N4O2S2/c35-27(23-15-13-19-7-1-3-9-21(19)17-23)33-29(37)31-25-11-5-6-12-26(25)32-30(38)34-28(36)24-16-14-20-8-2-4-10-22(20)18-24/h1-18H,(H2,31,33,35,37)(H2,32,34,36,38). The quantitative estimate of drug-likeness (QED) is 0.204. The van der Waals surface area contributed by atoms with E-state index in [-0.39, 0.29) is 22.0 Å². The molecule has 0 fully saturated rings. The van der Waals surface area contributed by atoms with E-state index >= 15 is 0 Å². The van der Waals surface area contributed by atoms with E-state index in [0.29, 0.717) is 22.5 Å². The minimum atomic E-state index is -0.322. The van der Waals surface area contributed by atoms with Crippen LogP contribution in [0.5, 0.6) is 0 Å². The third-order valence-corrected chi connectivity index (χ3v) is 6.31. The first kappa shape index (κ1) is 25.0. The molecule has 0 heterocycles. The van der Waals surface area contributed by atoms with E-state index in [0.717, 1.165) is 21.5 Å². The second kappa shape index (κ2) is 11.2. The molecule has 0 bridgehead atoms. The normalized spacial score (nSPS) is 10.5. The summed E-state index contributed by atoms with van der Waals surface area (Å²) >= 11 is 10.8.